The predicted octanol–water partition coefficient (Wildman–Crippen LogP) is 11.6. The Bertz CT molecular complexity index is 3340. The van der Waals surface area contributed by atoms with Crippen LogP contribution >= 0.6 is 0 Å². The normalized spacial score (nSPS) is 13.4. The van der Waals surface area contributed by atoms with Crippen LogP contribution in [0.15, 0.2) is 100 Å². The van der Waals surface area contributed by atoms with Gasteiger partial charge < -0.3 is 43.6 Å². The highest BCUT2D eigenvalue weighted by molar-refractivity contribution is 5.91. The average molecular weight is 1060 g/mol. The van der Waals surface area contributed by atoms with Crippen LogP contribution in [0.4, 0.5) is 0 Å². The quantitative estimate of drug-likeness (QED) is 0.0430. The molecule has 3 aromatic carbocycles. The fourth-order valence-electron chi connectivity index (χ4n) is 9.85. The fraction of sp³-hybridized carbons (Fsp3) is 0.410. The van der Waals surface area contributed by atoms with Crippen LogP contribution in [0.1, 0.15) is 126 Å². The zero-order valence-corrected chi connectivity index (χ0v) is 45.9. The van der Waals surface area contributed by atoms with E-state index in [4.69, 9.17) is 23.0 Å². The van der Waals surface area contributed by atoms with Crippen LogP contribution in [0.2, 0.25) is 0 Å². The molecule has 17 nitrogen and oxygen atoms in total. The van der Waals surface area contributed by atoms with E-state index in [1.807, 2.05) is 107 Å². The molecule has 6 heterocycles. The van der Waals surface area contributed by atoms with Gasteiger partial charge in [0.2, 0.25) is 35.4 Å². The molecule has 0 bridgehead atoms. The summed E-state index contributed by atoms with van der Waals surface area (Å²) in [6.45, 7) is 7.27. The maximum absolute atomic E-state index is 13.5. The fourth-order valence-corrected chi connectivity index (χ4v) is 9.85. The van der Waals surface area contributed by atoms with Crippen molar-refractivity contribution < 1.29 is 42.2 Å². The number of para-hydroxylation sites is 2. The summed E-state index contributed by atoms with van der Waals surface area (Å²) in [4.78, 5) is 73.5. The number of ether oxygens (including phenoxy) is 3. The largest absolute Gasteiger partial charge is 0.497 e. The Morgan fingerprint density at radius 2 is 1.21 bits per heavy atom. The van der Waals surface area contributed by atoms with E-state index < -0.39 is 6.04 Å². The molecule has 17 heteroatoms. The molecular weight excluding hydrogens is 989 g/mol. The van der Waals surface area contributed by atoms with Gasteiger partial charge in [0.15, 0.2) is 11.5 Å². The van der Waals surface area contributed by atoms with Gasteiger partial charge in [0.25, 0.3) is 0 Å². The Labute approximate surface area is 455 Å². The minimum atomic E-state index is -0.442. The van der Waals surface area contributed by atoms with Gasteiger partial charge in [-0.2, -0.15) is 0 Å². The van der Waals surface area contributed by atoms with Crippen LogP contribution in [0.25, 0.3) is 55.4 Å². The number of rotatable bonds is 26. The summed E-state index contributed by atoms with van der Waals surface area (Å²) in [5.41, 5.74) is 5.87. The lowest BCUT2D eigenvalue weighted by atomic mass is 9.99. The Balaban J connectivity index is 0.000000210. The first-order chi connectivity index (χ1) is 37.9. The molecule has 1 fully saturated rings. The second-order valence-corrected chi connectivity index (χ2v) is 20.0. The van der Waals surface area contributed by atoms with Gasteiger partial charge in [0.05, 0.1) is 68.2 Å². The first-order valence-corrected chi connectivity index (χ1v) is 27.1. The molecule has 1 aliphatic heterocycles. The minimum Gasteiger partial charge on any atom is -0.497 e. The number of likely N-dealkylation sites (tertiary alicyclic amines) is 1. The molecule has 1 aliphatic rings. The van der Waals surface area contributed by atoms with E-state index in [1.54, 1.807) is 33.7 Å². The topological polar surface area (TPSA) is 217 Å². The number of hydrogen-bond acceptors (Lipinski definition) is 14. The summed E-state index contributed by atoms with van der Waals surface area (Å²) >= 11 is 0. The zero-order chi connectivity index (χ0) is 55.1. The van der Waals surface area contributed by atoms with Crippen molar-refractivity contribution >= 4 is 56.1 Å². The molecule has 2 amide bonds. The average Bonchev–Trinajstić information content (AvgIpc) is 4.25. The van der Waals surface area contributed by atoms with Crippen molar-refractivity contribution in [3.05, 3.63) is 114 Å². The summed E-state index contributed by atoms with van der Waals surface area (Å²) in [6.07, 6.45) is 12.3. The van der Waals surface area contributed by atoms with Crippen molar-refractivity contribution in [1.82, 2.24) is 40.5 Å². The third-order valence-corrected chi connectivity index (χ3v) is 14.4. The number of nitrogens with one attached hydrogen (secondary N) is 3. The van der Waals surface area contributed by atoms with Crippen molar-refractivity contribution in [3.63, 3.8) is 0 Å². The van der Waals surface area contributed by atoms with Gasteiger partial charge in [-0.3, -0.25) is 19.2 Å². The van der Waals surface area contributed by atoms with Crippen molar-refractivity contribution in [2.24, 2.45) is 5.92 Å². The van der Waals surface area contributed by atoms with E-state index in [-0.39, 0.29) is 36.0 Å². The Morgan fingerprint density at radius 3 is 1.71 bits per heavy atom. The third kappa shape index (κ3) is 14.2. The molecule has 0 aliphatic carbocycles. The lowest BCUT2D eigenvalue weighted by Crippen LogP contribution is -2.52. The van der Waals surface area contributed by atoms with E-state index in [0.29, 0.717) is 90.5 Å². The van der Waals surface area contributed by atoms with E-state index in [1.165, 1.54) is 0 Å². The number of amides is 2. The lowest BCUT2D eigenvalue weighted by molar-refractivity contribution is -0.130. The second-order valence-electron chi connectivity index (χ2n) is 20.0. The molecule has 0 radical (unpaired) electrons. The molecule has 0 spiro atoms. The van der Waals surface area contributed by atoms with Crippen LogP contribution in [-0.2, 0) is 25.6 Å². The van der Waals surface area contributed by atoms with E-state index >= 15 is 0 Å². The number of pyridine rings is 2. The molecule has 9 rings (SSSR count). The van der Waals surface area contributed by atoms with Gasteiger partial charge in [0.1, 0.15) is 29.4 Å². The number of H-pyrrole nitrogens is 1. The molecule has 3 N–H and O–H groups in total. The smallest absolute Gasteiger partial charge is 0.226 e. The number of carbonyl (C=O) groups excluding carboxylic acids is 4. The molecule has 1 saturated heterocycles. The Morgan fingerprint density at radius 1 is 0.679 bits per heavy atom. The van der Waals surface area contributed by atoms with Gasteiger partial charge in [-0.05, 0) is 87.7 Å². The number of Topliss-reactive ketones (excluding diaryl/α,β-unsaturated/α-hetero) is 2. The molecular formula is C61H72N8O9. The van der Waals surface area contributed by atoms with Crippen LogP contribution in [-0.4, -0.2) is 94.7 Å². The summed E-state index contributed by atoms with van der Waals surface area (Å²) in [7, 11) is 6.79. The summed E-state index contributed by atoms with van der Waals surface area (Å²) in [6, 6.07) is 24.6. The number of oxazole rings is 2. The molecule has 0 unspecified atom stereocenters. The van der Waals surface area contributed by atoms with Crippen molar-refractivity contribution in [2.45, 2.75) is 116 Å². The van der Waals surface area contributed by atoms with Gasteiger partial charge in [-0.1, -0.05) is 75.9 Å². The number of hydrogen-bond donors (Lipinski definition) is 3. The molecule has 2 atom stereocenters. The third-order valence-electron chi connectivity index (χ3n) is 14.4. The number of ketones is 2. The monoisotopic (exact) mass is 1060 g/mol. The molecule has 8 aromatic rings. The first-order valence-electron chi connectivity index (χ1n) is 27.1. The maximum atomic E-state index is 13.5. The lowest BCUT2D eigenvalue weighted by Gasteiger charge is -2.35. The van der Waals surface area contributed by atoms with Crippen LogP contribution < -0.4 is 24.8 Å². The number of nitrogens with zero attached hydrogens (tertiary/aromatic N) is 5. The number of benzene rings is 3. The van der Waals surface area contributed by atoms with Crippen LogP contribution in [0.5, 0.6) is 17.5 Å². The zero-order valence-electron chi connectivity index (χ0n) is 45.9. The summed E-state index contributed by atoms with van der Waals surface area (Å²) in [5, 5.41) is 9.21. The van der Waals surface area contributed by atoms with Crippen molar-refractivity contribution in [3.8, 4) is 40.2 Å². The summed E-state index contributed by atoms with van der Waals surface area (Å²) < 4.78 is 29.0. The van der Waals surface area contributed by atoms with Gasteiger partial charge >= 0.3 is 0 Å². The number of aryl methyl sites for hydroxylation is 1. The minimum absolute atomic E-state index is 0.0103. The highest BCUT2D eigenvalue weighted by Crippen LogP contribution is 2.36. The number of carbonyl (C=O) groups is 4. The highest BCUT2D eigenvalue weighted by atomic mass is 16.5. The maximum Gasteiger partial charge on any atom is 0.226 e. The predicted molar refractivity (Wildman–Crippen MR) is 300 cm³/mol. The number of methoxy groups -OCH3 is 3. The highest BCUT2D eigenvalue weighted by Gasteiger charge is 2.33. The van der Waals surface area contributed by atoms with Crippen molar-refractivity contribution in [2.75, 3.05) is 41.5 Å². The summed E-state index contributed by atoms with van der Waals surface area (Å²) in [5.74, 6) is 4.03. The van der Waals surface area contributed by atoms with Gasteiger partial charge in [-0.25, -0.2) is 19.9 Å². The molecule has 78 heavy (non-hydrogen) atoms. The molecule has 5 aromatic heterocycles. The number of fused-ring (bicyclic) bond motifs is 3. The van der Waals surface area contributed by atoms with Gasteiger partial charge in [0, 0.05) is 66.1 Å². The van der Waals surface area contributed by atoms with Gasteiger partial charge in [-0.15, -0.1) is 0 Å². The van der Waals surface area contributed by atoms with Crippen LogP contribution in [0, 0.1) is 12.8 Å². The Hall–Kier alpha value is -7.92. The number of aromatic nitrogens is 5. The van der Waals surface area contributed by atoms with Crippen LogP contribution in [0.3, 0.4) is 0 Å². The SMILES string of the molecule is CCC(=O)CCCCC[C@H](NC(=O)C1CN(C)C1)c1ncc(-c2cc3ccccc3nc2OC)o1.CCC(=O)CCCCC[C@H](NC(=O)Cc1c(C)[nH]c2ccc(OC)cc12)c1ncc(-c2cc3ccccc3nc2OC)o1. The standard InChI is InChI=1S/C34H38N4O5.C27H34N4O4/c1-5-23(39)12-7-6-8-14-30(37-32(40)19-25-21(2)36-29-16-15-24(41-3)18-26(25)29)34-35-20-31(43-34)27-17-22-11-9-10-13-28(22)38-33(27)42-4;1-4-20(32)11-6-5-7-13-23(29-25(33)19-16-31(2)17-19)27-28-15-24(35-27)21-14-18-10-8-9-12-22(18)30-26(21)34-3/h9-11,13,15-18,20,30,36H,5-8,12,14,19H2,1-4H3,(H,37,40);8-10,12,14-15,19,23H,4-7,11,13,16-17H2,1-3H3,(H,29,33)/t30-;23-/m00/s1. The van der Waals surface area contributed by atoms with Crippen molar-refractivity contribution in [1.29, 1.82) is 0 Å². The molecule has 0 saturated carbocycles. The van der Waals surface area contributed by atoms with E-state index in [9.17, 15) is 19.2 Å². The second kappa shape index (κ2) is 26.9. The Kier molecular flexibility index (Phi) is 19.4. The number of unbranched alkanes of at least 4 members (excludes halogenated alkanes) is 4. The molecule has 410 valence electrons. The first kappa shape index (κ1) is 56.3. The van der Waals surface area contributed by atoms with E-state index in [0.717, 1.165) is 101 Å². The van der Waals surface area contributed by atoms with E-state index in [2.05, 4.69) is 40.5 Å². The number of aromatic amines is 1.